The standard InChI is InChI=1S/C31H30N4O3.ClH/c1-2-16-35(19-22-10-13-25(14-11-22)38-30-15-12-23(17-32)18-33-30)20-24(36)21-37-29-9-5-8-28-31(29)26-6-3-4-7-27(26)34-28;/h3-15,18,24,34,36H,2,16,19-21H2,1H3;1H/t24-;/m0./s1. The van der Waals surface area contributed by atoms with E-state index in [1.807, 2.05) is 60.7 Å². The van der Waals surface area contributed by atoms with Gasteiger partial charge in [-0.25, -0.2) is 4.98 Å². The minimum atomic E-state index is -0.632. The maximum Gasteiger partial charge on any atom is 0.219 e. The van der Waals surface area contributed by atoms with E-state index in [0.29, 0.717) is 30.3 Å². The summed E-state index contributed by atoms with van der Waals surface area (Å²) in [5.74, 6) is 1.89. The van der Waals surface area contributed by atoms with Gasteiger partial charge in [0.2, 0.25) is 5.88 Å². The lowest BCUT2D eigenvalue weighted by Crippen LogP contribution is -2.35. The molecule has 0 spiro atoms. The predicted molar refractivity (Wildman–Crippen MR) is 156 cm³/mol. The van der Waals surface area contributed by atoms with Crippen molar-refractivity contribution in [3.8, 4) is 23.4 Å². The van der Waals surface area contributed by atoms with E-state index in [-0.39, 0.29) is 19.0 Å². The van der Waals surface area contributed by atoms with Crippen molar-refractivity contribution in [3.63, 3.8) is 0 Å². The quantitative estimate of drug-likeness (QED) is 0.199. The normalized spacial score (nSPS) is 11.7. The van der Waals surface area contributed by atoms with Gasteiger partial charge < -0.3 is 19.6 Å². The number of halogens is 1. The molecule has 0 aliphatic rings. The summed E-state index contributed by atoms with van der Waals surface area (Å²) in [6.45, 7) is 4.42. The zero-order valence-electron chi connectivity index (χ0n) is 21.7. The van der Waals surface area contributed by atoms with E-state index in [1.165, 1.54) is 6.20 Å². The number of hydrogen-bond acceptors (Lipinski definition) is 6. The lowest BCUT2D eigenvalue weighted by Gasteiger charge is -2.25. The number of benzene rings is 3. The first kappa shape index (κ1) is 27.9. The summed E-state index contributed by atoms with van der Waals surface area (Å²) in [5, 5.41) is 21.9. The monoisotopic (exact) mass is 542 g/mol. The first-order chi connectivity index (χ1) is 18.6. The van der Waals surface area contributed by atoms with Crippen molar-refractivity contribution in [2.75, 3.05) is 19.7 Å². The van der Waals surface area contributed by atoms with Crippen LogP contribution in [0.3, 0.4) is 0 Å². The number of aromatic amines is 1. The van der Waals surface area contributed by atoms with Gasteiger partial charge in [0.15, 0.2) is 0 Å². The minimum Gasteiger partial charge on any atom is -0.490 e. The van der Waals surface area contributed by atoms with Crippen LogP contribution in [0.5, 0.6) is 17.4 Å². The SMILES string of the molecule is CCCN(Cc1ccc(Oc2ccc(C#N)cn2)cc1)C[C@H](O)COc1cccc2[nH]c3ccccc3c12.Cl. The topological polar surface area (TPSA) is 94.4 Å². The van der Waals surface area contributed by atoms with Gasteiger partial charge in [-0.3, -0.25) is 4.90 Å². The van der Waals surface area contributed by atoms with E-state index in [4.69, 9.17) is 14.7 Å². The number of nitriles is 1. The molecular formula is C31H31ClN4O3. The Morgan fingerprint density at radius 2 is 1.79 bits per heavy atom. The molecule has 0 fully saturated rings. The number of para-hydroxylation sites is 1. The number of rotatable bonds is 11. The van der Waals surface area contributed by atoms with Crippen molar-refractivity contribution in [2.24, 2.45) is 0 Å². The van der Waals surface area contributed by atoms with E-state index in [2.05, 4.69) is 33.9 Å². The Kier molecular flexibility index (Phi) is 9.40. The van der Waals surface area contributed by atoms with E-state index in [9.17, 15) is 5.11 Å². The fraction of sp³-hybridized carbons (Fsp3) is 0.226. The van der Waals surface area contributed by atoms with E-state index in [0.717, 1.165) is 46.1 Å². The molecule has 0 unspecified atom stereocenters. The molecule has 8 heteroatoms. The van der Waals surface area contributed by atoms with Crippen LogP contribution in [-0.2, 0) is 6.54 Å². The second-order valence-corrected chi connectivity index (χ2v) is 9.29. The maximum atomic E-state index is 10.8. The Balaban J connectivity index is 0.00000353. The molecule has 0 aliphatic carbocycles. The van der Waals surface area contributed by atoms with Gasteiger partial charge in [0.25, 0.3) is 0 Å². The van der Waals surface area contributed by atoms with Gasteiger partial charge in [0.1, 0.15) is 30.3 Å². The van der Waals surface area contributed by atoms with Crippen molar-refractivity contribution in [3.05, 3.63) is 96.2 Å². The Morgan fingerprint density at radius 3 is 2.54 bits per heavy atom. The molecule has 39 heavy (non-hydrogen) atoms. The highest BCUT2D eigenvalue weighted by atomic mass is 35.5. The average Bonchev–Trinajstić information content (AvgIpc) is 3.33. The second-order valence-electron chi connectivity index (χ2n) is 9.29. The molecular weight excluding hydrogens is 512 g/mol. The summed E-state index contributed by atoms with van der Waals surface area (Å²) in [7, 11) is 0. The van der Waals surface area contributed by atoms with Crippen LogP contribution in [0, 0.1) is 11.3 Å². The average molecular weight is 543 g/mol. The second kappa shape index (κ2) is 13.1. The highest BCUT2D eigenvalue weighted by Gasteiger charge is 2.15. The van der Waals surface area contributed by atoms with Crippen molar-refractivity contribution in [1.29, 1.82) is 5.26 Å². The zero-order valence-corrected chi connectivity index (χ0v) is 22.5. The van der Waals surface area contributed by atoms with Crippen LogP contribution in [0.2, 0.25) is 0 Å². The number of H-pyrrole nitrogens is 1. The predicted octanol–water partition coefficient (Wildman–Crippen LogP) is 6.45. The molecule has 2 aromatic heterocycles. The number of fused-ring (bicyclic) bond motifs is 3. The molecule has 0 bridgehead atoms. The molecule has 5 aromatic rings. The van der Waals surface area contributed by atoms with Gasteiger partial charge in [-0.05, 0) is 54.9 Å². The summed E-state index contributed by atoms with van der Waals surface area (Å²) in [5.41, 5.74) is 3.70. The van der Waals surface area contributed by atoms with Crippen molar-refractivity contribution in [1.82, 2.24) is 14.9 Å². The van der Waals surface area contributed by atoms with E-state index < -0.39 is 6.10 Å². The van der Waals surface area contributed by atoms with Gasteiger partial charge in [0.05, 0.1) is 11.1 Å². The molecule has 3 aromatic carbocycles. The molecule has 1 atom stereocenters. The number of ether oxygens (including phenoxy) is 2. The fourth-order valence-electron chi connectivity index (χ4n) is 4.63. The molecule has 2 heterocycles. The molecule has 0 radical (unpaired) electrons. The van der Waals surface area contributed by atoms with Crippen LogP contribution in [0.4, 0.5) is 0 Å². The third kappa shape index (κ3) is 6.87. The van der Waals surface area contributed by atoms with Crippen LogP contribution < -0.4 is 9.47 Å². The Morgan fingerprint density at radius 1 is 1.00 bits per heavy atom. The molecule has 200 valence electrons. The number of aromatic nitrogens is 2. The molecule has 0 aliphatic heterocycles. The van der Waals surface area contributed by atoms with Crippen LogP contribution in [0.15, 0.2) is 85.1 Å². The summed E-state index contributed by atoms with van der Waals surface area (Å²) < 4.78 is 11.9. The van der Waals surface area contributed by atoms with Crippen LogP contribution in [-0.4, -0.2) is 45.8 Å². The highest BCUT2D eigenvalue weighted by Crippen LogP contribution is 2.33. The van der Waals surface area contributed by atoms with E-state index >= 15 is 0 Å². The number of aliphatic hydroxyl groups excluding tert-OH is 1. The number of nitrogens with one attached hydrogen (secondary N) is 1. The van der Waals surface area contributed by atoms with Crippen molar-refractivity contribution >= 4 is 34.2 Å². The van der Waals surface area contributed by atoms with Crippen LogP contribution in [0.1, 0.15) is 24.5 Å². The molecule has 0 saturated carbocycles. The van der Waals surface area contributed by atoms with Gasteiger partial charge >= 0.3 is 0 Å². The van der Waals surface area contributed by atoms with Crippen molar-refractivity contribution in [2.45, 2.75) is 26.0 Å². The first-order valence-electron chi connectivity index (χ1n) is 12.8. The lowest BCUT2D eigenvalue weighted by molar-refractivity contribution is 0.0661. The van der Waals surface area contributed by atoms with E-state index in [1.54, 1.807) is 12.1 Å². The first-order valence-corrected chi connectivity index (χ1v) is 12.8. The lowest BCUT2D eigenvalue weighted by atomic mass is 10.1. The molecule has 5 rings (SSSR count). The summed E-state index contributed by atoms with van der Waals surface area (Å²) in [6.07, 6.45) is 1.84. The summed E-state index contributed by atoms with van der Waals surface area (Å²) in [6, 6.07) is 27.4. The molecule has 2 N–H and O–H groups in total. The molecule has 0 saturated heterocycles. The van der Waals surface area contributed by atoms with Gasteiger partial charge in [-0.2, -0.15) is 5.26 Å². The molecule has 0 amide bonds. The van der Waals surface area contributed by atoms with Gasteiger partial charge in [-0.1, -0.05) is 43.3 Å². The number of nitrogens with zero attached hydrogens (tertiary/aromatic N) is 3. The summed E-state index contributed by atoms with van der Waals surface area (Å²) >= 11 is 0. The number of aliphatic hydroxyl groups is 1. The van der Waals surface area contributed by atoms with Gasteiger partial charge in [-0.15, -0.1) is 12.4 Å². The van der Waals surface area contributed by atoms with Gasteiger partial charge in [0, 0.05) is 41.6 Å². The Bertz CT molecular complexity index is 1550. The maximum absolute atomic E-state index is 10.8. The third-order valence-corrected chi connectivity index (χ3v) is 6.35. The Labute approximate surface area is 234 Å². The van der Waals surface area contributed by atoms with Crippen molar-refractivity contribution < 1.29 is 14.6 Å². The Hall–Kier alpha value is -4.09. The van der Waals surface area contributed by atoms with Crippen LogP contribution in [0.25, 0.3) is 21.8 Å². The summed E-state index contributed by atoms with van der Waals surface area (Å²) in [4.78, 5) is 9.81. The highest BCUT2D eigenvalue weighted by molar-refractivity contribution is 6.10. The van der Waals surface area contributed by atoms with Crippen LogP contribution >= 0.6 is 12.4 Å². The largest absolute Gasteiger partial charge is 0.490 e. The third-order valence-electron chi connectivity index (χ3n) is 6.35. The number of hydrogen-bond donors (Lipinski definition) is 2. The number of pyridine rings is 1. The smallest absolute Gasteiger partial charge is 0.219 e. The minimum absolute atomic E-state index is 0. The fourth-order valence-corrected chi connectivity index (χ4v) is 4.63. The molecule has 7 nitrogen and oxygen atoms in total. The zero-order chi connectivity index (χ0) is 26.3.